The second kappa shape index (κ2) is 5.82. The standard InChI is InChI=1S/C17H26N2O/c1-12(2)15-7-6-14(13-8-10-20-11-13)17(18-15)16-5-4-9-19(16)3/h6-7,12-13,16H,4-5,8-11H2,1-3H3. The molecule has 0 saturated carbocycles. The van der Waals surface area contributed by atoms with E-state index in [-0.39, 0.29) is 0 Å². The summed E-state index contributed by atoms with van der Waals surface area (Å²) in [6, 6.07) is 5.05. The first-order valence-electron chi connectivity index (χ1n) is 7.95. The summed E-state index contributed by atoms with van der Waals surface area (Å²) in [7, 11) is 2.23. The fraction of sp³-hybridized carbons (Fsp3) is 0.706. The highest BCUT2D eigenvalue weighted by Crippen LogP contribution is 2.37. The van der Waals surface area contributed by atoms with Crippen LogP contribution in [-0.4, -0.2) is 36.7 Å². The molecule has 0 N–H and O–H groups in total. The second-order valence-corrected chi connectivity index (χ2v) is 6.56. The van der Waals surface area contributed by atoms with Crippen molar-refractivity contribution in [2.45, 2.75) is 51.0 Å². The molecule has 0 bridgehead atoms. The number of likely N-dealkylation sites (tertiary alicyclic amines) is 1. The van der Waals surface area contributed by atoms with E-state index in [4.69, 9.17) is 9.72 Å². The van der Waals surface area contributed by atoms with Gasteiger partial charge in [0.05, 0.1) is 18.3 Å². The van der Waals surface area contributed by atoms with Crippen LogP contribution in [0.2, 0.25) is 0 Å². The zero-order valence-electron chi connectivity index (χ0n) is 12.9. The Bertz CT molecular complexity index is 466. The van der Waals surface area contributed by atoms with E-state index in [1.807, 2.05) is 0 Å². The molecule has 0 spiro atoms. The van der Waals surface area contributed by atoms with Gasteiger partial charge in [-0.3, -0.25) is 9.88 Å². The van der Waals surface area contributed by atoms with Gasteiger partial charge in [0.15, 0.2) is 0 Å². The summed E-state index contributed by atoms with van der Waals surface area (Å²) in [5.41, 5.74) is 3.99. The fourth-order valence-electron chi connectivity index (χ4n) is 3.47. The predicted molar refractivity (Wildman–Crippen MR) is 81.1 cm³/mol. The zero-order valence-corrected chi connectivity index (χ0v) is 12.9. The van der Waals surface area contributed by atoms with Crippen LogP contribution in [0.15, 0.2) is 12.1 Å². The molecule has 3 heteroatoms. The van der Waals surface area contributed by atoms with Gasteiger partial charge in [-0.1, -0.05) is 19.9 Å². The molecule has 2 aliphatic heterocycles. The minimum Gasteiger partial charge on any atom is -0.381 e. The van der Waals surface area contributed by atoms with E-state index in [1.165, 1.54) is 36.3 Å². The van der Waals surface area contributed by atoms with Gasteiger partial charge in [0.1, 0.15) is 0 Å². The Morgan fingerprint density at radius 3 is 2.75 bits per heavy atom. The van der Waals surface area contributed by atoms with Crippen molar-refractivity contribution in [3.8, 4) is 0 Å². The maximum atomic E-state index is 5.59. The van der Waals surface area contributed by atoms with Crippen LogP contribution < -0.4 is 0 Å². The lowest BCUT2D eigenvalue weighted by molar-refractivity contribution is 0.193. The lowest BCUT2D eigenvalue weighted by atomic mass is 9.92. The maximum Gasteiger partial charge on any atom is 0.0614 e. The first kappa shape index (κ1) is 14.0. The van der Waals surface area contributed by atoms with Gasteiger partial charge in [0.2, 0.25) is 0 Å². The van der Waals surface area contributed by atoms with E-state index >= 15 is 0 Å². The normalized spacial score (nSPS) is 27.6. The van der Waals surface area contributed by atoms with E-state index in [0.29, 0.717) is 17.9 Å². The molecule has 2 saturated heterocycles. The first-order chi connectivity index (χ1) is 9.66. The third-order valence-corrected chi connectivity index (χ3v) is 4.78. The minimum atomic E-state index is 0.495. The van der Waals surface area contributed by atoms with Gasteiger partial charge in [-0.25, -0.2) is 0 Å². The molecule has 0 aromatic carbocycles. The largest absolute Gasteiger partial charge is 0.381 e. The average molecular weight is 274 g/mol. The Balaban J connectivity index is 1.99. The summed E-state index contributed by atoms with van der Waals surface area (Å²) in [5.74, 6) is 1.04. The van der Waals surface area contributed by atoms with Gasteiger partial charge < -0.3 is 4.74 Å². The van der Waals surface area contributed by atoms with Crippen molar-refractivity contribution in [3.05, 3.63) is 29.1 Å². The fourth-order valence-corrected chi connectivity index (χ4v) is 3.47. The van der Waals surface area contributed by atoms with Crippen LogP contribution in [0.1, 0.15) is 67.9 Å². The van der Waals surface area contributed by atoms with Crippen molar-refractivity contribution in [2.24, 2.45) is 0 Å². The summed E-state index contributed by atoms with van der Waals surface area (Å²) >= 11 is 0. The van der Waals surface area contributed by atoms with Crippen molar-refractivity contribution >= 4 is 0 Å². The topological polar surface area (TPSA) is 25.4 Å². The number of ether oxygens (including phenoxy) is 1. The average Bonchev–Trinajstić information content (AvgIpc) is 3.09. The molecule has 2 fully saturated rings. The molecule has 3 nitrogen and oxygen atoms in total. The van der Waals surface area contributed by atoms with Crippen molar-refractivity contribution < 1.29 is 4.74 Å². The van der Waals surface area contributed by atoms with Gasteiger partial charge >= 0.3 is 0 Å². The van der Waals surface area contributed by atoms with Crippen molar-refractivity contribution in [2.75, 3.05) is 26.8 Å². The maximum absolute atomic E-state index is 5.59. The molecule has 110 valence electrons. The van der Waals surface area contributed by atoms with Crippen LogP contribution in [0.3, 0.4) is 0 Å². The van der Waals surface area contributed by atoms with E-state index in [1.54, 1.807) is 0 Å². The van der Waals surface area contributed by atoms with Crippen LogP contribution in [0.4, 0.5) is 0 Å². The van der Waals surface area contributed by atoms with E-state index in [2.05, 4.69) is 37.9 Å². The highest BCUT2D eigenvalue weighted by Gasteiger charge is 2.30. The third-order valence-electron chi connectivity index (χ3n) is 4.78. The van der Waals surface area contributed by atoms with Gasteiger partial charge in [0.25, 0.3) is 0 Å². The van der Waals surface area contributed by atoms with Crippen LogP contribution in [0.25, 0.3) is 0 Å². The molecule has 20 heavy (non-hydrogen) atoms. The molecule has 3 heterocycles. The van der Waals surface area contributed by atoms with Crippen LogP contribution >= 0.6 is 0 Å². The monoisotopic (exact) mass is 274 g/mol. The molecular weight excluding hydrogens is 248 g/mol. The highest BCUT2D eigenvalue weighted by molar-refractivity contribution is 5.31. The van der Waals surface area contributed by atoms with Crippen molar-refractivity contribution in [3.63, 3.8) is 0 Å². The predicted octanol–water partition coefficient (Wildman–Crippen LogP) is 3.48. The Morgan fingerprint density at radius 2 is 2.15 bits per heavy atom. The molecule has 2 aliphatic rings. The quantitative estimate of drug-likeness (QED) is 0.844. The van der Waals surface area contributed by atoms with Gasteiger partial charge in [-0.05, 0) is 50.4 Å². The van der Waals surface area contributed by atoms with Crippen LogP contribution in [0.5, 0.6) is 0 Å². The summed E-state index contributed by atoms with van der Waals surface area (Å²) in [5, 5.41) is 0. The number of aromatic nitrogens is 1. The molecule has 0 aliphatic carbocycles. The van der Waals surface area contributed by atoms with Gasteiger partial charge in [-0.2, -0.15) is 0 Å². The molecule has 3 rings (SSSR count). The Morgan fingerprint density at radius 1 is 1.30 bits per heavy atom. The van der Waals surface area contributed by atoms with Crippen molar-refractivity contribution in [1.82, 2.24) is 9.88 Å². The molecule has 2 unspecified atom stereocenters. The molecule has 0 radical (unpaired) electrons. The lowest BCUT2D eigenvalue weighted by Crippen LogP contribution is -2.21. The molecule has 0 amide bonds. The van der Waals surface area contributed by atoms with Crippen LogP contribution in [0, 0.1) is 0 Å². The minimum absolute atomic E-state index is 0.495. The Kier molecular flexibility index (Phi) is 4.08. The SMILES string of the molecule is CC(C)c1ccc(C2CCOC2)c(C2CCCN2C)n1. The van der Waals surface area contributed by atoms with Crippen molar-refractivity contribution in [1.29, 1.82) is 0 Å². The second-order valence-electron chi connectivity index (χ2n) is 6.56. The zero-order chi connectivity index (χ0) is 14.1. The smallest absolute Gasteiger partial charge is 0.0614 e. The number of pyridine rings is 1. The highest BCUT2D eigenvalue weighted by atomic mass is 16.5. The summed E-state index contributed by atoms with van der Waals surface area (Å²) in [6.45, 7) is 7.41. The number of nitrogens with zero attached hydrogens (tertiary/aromatic N) is 2. The lowest BCUT2D eigenvalue weighted by Gasteiger charge is -2.24. The third kappa shape index (κ3) is 2.61. The molecular formula is C17H26N2O. The van der Waals surface area contributed by atoms with Crippen LogP contribution in [-0.2, 0) is 4.74 Å². The number of hydrogen-bond donors (Lipinski definition) is 0. The van der Waals surface area contributed by atoms with E-state index in [0.717, 1.165) is 19.6 Å². The molecule has 1 aromatic rings. The summed E-state index contributed by atoms with van der Waals surface area (Å²) in [4.78, 5) is 7.52. The summed E-state index contributed by atoms with van der Waals surface area (Å²) < 4.78 is 5.59. The van der Waals surface area contributed by atoms with E-state index < -0.39 is 0 Å². The number of rotatable bonds is 3. The first-order valence-corrected chi connectivity index (χ1v) is 7.95. The summed E-state index contributed by atoms with van der Waals surface area (Å²) in [6.07, 6.45) is 3.67. The molecule has 1 aromatic heterocycles. The van der Waals surface area contributed by atoms with Gasteiger partial charge in [0, 0.05) is 18.2 Å². The Hall–Kier alpha value is -0.930. The number of hydrogen-bond acceptors (Lipinski definition) is 3. The van der Waals surface area contributed by atoms with Gasteiger partial charge in [-0.15, -0.1) is 0 Å². The van der Waals surface area contributed by atoms with E-state index in [9.17, 15) is 0 Å². The Labute approximate surface area is 122 Å². The molecule has 2 atom stereocenters.